The van der Waals surface area contributed by atoms with E-state index in [0.29, 0.717) is 25.3 Å². The molecule has 1 fully saturated rings. The van der Waals surface area contributed by atoms with Gasteiger partial charge in [-0.05, 0) is 6.92 Å². The molecule has 0 saturated carbocycles. The fraction of sp³-hybridized carbons (Fsp3) is 0.636. The summed E-state index contributed by atoms with van der Waals surface area (Å²) in [6.07, 6.45) is 0.586. The van der Waals surface area contributed by atoms with Gasteiger partial charge >= 0.3 is 12.0 Å². The van der Waals surface area contributed by atoms with Crippen LogP contribution < -0.4 is 5.32 Å². The van der Waals surface area contributed by atoms with Gasteiger partial charge in [0.25, 0.3) is 0 Å². The van der Waals surface area contributed by atoms with E-state index in [1.165, 1.54) is 4.90 Å². The molecule has 1 aliphatic heterocycles. The minimum atomic E-state index is -0.944. The van der Waals surface area contributed by atoms with E-state index in [2.05, 4.69) is 17.2 Å². The quantitative estimate of drug-likeness (QED) is 0.573. The number of hydrogen-bond acceptors (Lipinski definition) is 3. The normalized spacial score (nSPS) is 19.1. The number of nitrogens with one attached hydrogen (secondary N) is 1. The van der Waals surface area contributed by atoms with Gasteiger partial charge in [-0.2, -0.15) is 11.8 Å². The summed E-state index contributed by atoms with van der Waals surface area (Å²) in [5, 5.41) is 11.7. The molecule has 1 heterocycles. The Morgan fingerprint density at radius 2 is 2.35 bits per heavy atom. The molecule has 1 atom stereocenters. The molecule has 0 bridgehead atoms. The summed E-state index contributed by atoms with van der Waals surface area (Å²) in [5.41, 5.74) is 0. The molecule has 2 N–H and O–H groups in total. The maximum absolute atomic E-state index is 11.8. The zero-order valence-electron chi connectivity index (χ0n) is 9.73. The molecule has 0 aliphatic carbocycles. The molecule has 0 aromatic carbocycles. The number of carboxylic acids is 1. The number of hydrogen-bond donors (Lipinski definition) is 2. The fourth-order valence-electron chi connectivity index (χ4n) is 1.51. The molecule has 0 aromatic heterocycles. The Kier molecular flexibility index (Phi) is 5.70. The number of amides is 2. The first-order valence-corrected chi connectivity index (χ1v) is 6.57. The monoisotopic (exact) mass is 256 g/mol. The Morgan fingerprint density at radius 3 is 3.00 bits per heavy atom. The van der Waals surface area contributed by atoms with Crippen LogP contribution in [0.25, 0.3) is 0 Å². The highest BCUT2D eigenvalue weighted by atomic mass is 32.2. The number of carbonyl (C=O) groups is 2. The van der Waals surface area contributed by atoms with E-state index in [1.54, 1.807) is 18.7 Å². The molecule has 6 heteroatoms. The zero-order valence-corrected chi connectivity index (χ0v) is 10.5. The maximum atomic E-state index is 11.8. The number of nitrogens with zero attached hydrogens (tertiary/aromatic N) is 1. The topological polar surface area (TPSA) is 69.6 Å². The predicted molar refractivity (Wildman–Crippen MR) is 66.9 cm³/mol. The molecular weight excluding hydrogens is 240 g/mol. The van der Waals surface area contributed by atoms with Gasteiger partial charge in [0.1, 0.15) is 6.04 Å². The summed E-state index contributed by atoms with van der Waals surface area (Å²) in [6.45, 7) is 2.67. The van der Waals surface area contributed by atoms with Gasteiger partial charge in [-0.3, -0.25) is 0 Å². The second-order valence-corrected chi connectivity index (χ2v) is 4.68. The van der Waals surface area contributed by atoms with Crippen molar-refractivity contribution in [1.82, 2.24) is 10.2 Å². The Labute approximate surface area is 105 Å². The van der Waals surface area contributed by atoms with Crippen molar-refractivity contribution in [3.63, 3.8) is 0 Å². The number of rotatable bonds is 3. The average Bonchev–Trinajstić information content (AvgIpc) is 2.34. The molecule has 1 unspecified atom stereocenters. The van der Waals surface area contributed by atoms with E-state index in [1.807, 2.05) is 0 Å². The molecule has 0 aromatic rings. The highest BCUT2D eigenvalue weighted by Gasteiger charge is 2.31. The second kappa shape index (κ2) is 7.07. The molecule has 1 rings (SSSR count). The van der Waals surface area contributed by atoms with Crippen molar-refractivity contribution in [2.45, 2.75) is 19.4 Å². The third-order valence-corrected chi connectivity index (χ3v) is 3.40. The Morgan fingerprint density at radius 1 is 1.59 bits per heavy atom. The Balaban J connectivity index is 2.46. The van der Waals surface area contributed by atoms with E-state index in [9.17, 15) is 9.59 Å². The SMILES string of the molecule is CC#CCCNC(=O)N1CCSCC1C(=O)O. The lowest BCUT2D eigenvalue weighted by Crippen LogP contribution is -2.53. The van der Waals surface area contributed by atoms with E-state index >= 15 is 0 Å². The summed E-state index contributed by atoms with van der Waals surface area (Å²) >= 11 is 1.56. The van der Waals surface area contributed by atoms with Crippen LogP contribution >= 0.6 is 11.8 Å². The van der Waals surface area contributed by atoms with Crippen molar-refractivity contribution in [2.24, 2.45) is 0 Å². The number of carboxylic acid groups (broad SMARTS) is 1. The van der Waals surface area contributed by atoms with Crippen molar-refractivity contribution in [2.75, 3.05) is 24.6 Å². The molecule has 17 heavy (non-hydrogen) atoms. The van der Waals surface area contributed by atoms with Crippen LogP contribution in [0.1, 0.15) is 13.3 Å². The van der Waals surface area contributed by atoms with Crippen molar-refractivity contribution in [3.8, 4) is 11.8 Å². The van der Waals surface area contributed by atoms with Crippen molar-refractivity contribution in [1.29, 1.82) is 0 Å². The van der Waals surface area contributed by atoms with Crippen LogP contribution in [0.3, 0.4) is 0 Å². The molecular formula is C11H16N2O3S. The molecule has 0 radical (unpaired) electrons. The van der Waals surface area contributed by atoms with Crippen molar-refractivity contribution in [3.05, 3.63) is 0 Å². The minimum Gasteiger partial charge on any atom is -0.480 e. The van der Waals surface area contributed by atoms with Crippen LogP contribution in [-0.4, -0.2) is 52.6 Å². The van der Waals surface area contributed by atoms with Crippen molar-refractivity contribution < 1.29 is 14.7 Å². The molecule has 5 nitrogen and oxygen atoms in total. The van der Waals surface area contributed by atoms with Gasteiger partial charge in [-0.25, -0.2) is 9.59 Å². The summed E-state index contributed by atoms with van der Waals surface area (Å²) in [6, 6.07) is -1.03. The lowest BCUT2D eigenvalue weighted by Gasteiger charge is -2.32. The first-order chi connectivity index (χ1) is 8.16. The highest BCUT2D eigenvalue weighted by Crippen LogP contribution is 2.16. The summed E-state index contributed by atoms with van der Waals surface area (Å²) in [4.78, 5) is 24.1. The third-order valence-electron chi connectivity index (χ3n) is 2.38. The second-order valence-electron chi connectivity index (χ2n) is 3.53. The van der Waals surface area contributed by atoms with Gasteiger partial charge in [0.05, 0.1) is 0 Å². The molecule has 0 spiro atoms. The first-order valence-electron chi connectivity index (χ1n) is 5.41. The zero-order chi connectivity index (χ0) is 12.7. The molecule has 1 aliphatic rings. The molecule has 2 amide bonds. The standard InChI is InChI=1S/C11H16N2O3S/c1-2-3-4-5-12-11(16)13-6-7-17-8-9(13)10(14)15/h9H,4-8H2,1H3,(H,12,16)(H,14,15). The van der Waals surface area contributed by atoms with Gasteiger partial charge in [0.15, 0.2) is 0 Å². The fourth-order valence-corrected chi connectivity index (χ4v) is 2.55. The van der Waals surface area contributed by atoms with Crippen molar-refractivity contribution >= 4 is 23.8 Å². The predicted octanol–water partition coefficient (Wildman–Crippen LogP) is 0.611. The van der Waals surface area contributed by atoms with Gasteiger partial charge in [0.2, 0.25) is 0 Å². The van der Waals surface area contributed by atoms with Crippen LogP contribution in [0.4, 0.5) is 4.79 Å². The van der Waals surface area contributed by atoms with E-state index in [4.69, 9.17) is 5.11 Å². The summed E-state index contributed by atoms with van der Waals surface area (Å²) < 4.78 is 0. The van der Waals surface area contributed by atoms with Gasteiger partial charge < -0.3 is 15.3 Å². The van der Waals surface area contributed by atoms with E-state index in [-0.39, 0.29) is 6.03 Å². The van der Waals surface area contributed by atoms with Crippen LogP contribution in [0.15, 0.2) is 0 Å². The van der Waals surface area contributed by atoms with Gasteiger partial charge in [-0.15, -0.1) is 11.8 Å². The van der Waals surface area contributed by atoms with Crippen LogP contribution in [0.5, 0.6) is 0 Å². The largest absolute Gasteiger partial charge is 0.480 e. The van der Waals surface area contributed by atoms with E-state index < -0.39 is 12.0 Å². The van der Waals surface area contributed by atoms with Crippen LogP contribution in [-0.2, 0) is 4.79 Å². The number of aliphatic carboxylic acids is 1. The number of thioether (sulfide) groups is 1. The average molecular weight is 256 g/mol. The first kappa shape index (κ1) is 13.7. The lowest BCUT2D eigenvalue weighted by atomic mass is 10.3. The number of urea groups is 1. The third kappa shape index (κ3) is 4.19. The summed E-state index contributed by atoms with van der Waals surface area (Å²) in [7, 11) is 0. The summed E-state index contributed by atoms with van der Waals surface area (Å²) in [5.74, 6) is 5.87. The van der Waals surface area contributed by atoms with E-state index in [0.717, 1.165) is 5.75 Å². The number of carbonyl (C=O) groups excluding carboxylic acids is 1. The maximum Gasteiger partial charge on any atom is 0.327 e. The van der Waals surface area contributed by atoms with Gasteiger partial charge in [0, 0.05) is 31.0 Å². The minimum absolute atomic E-state index is 0.310. The highest BCUT2D eigenvalue weighted by molar-refractivity contribution is 7.99. The molecule has 94 valence electrons. The Hall–Kier alpha value is -1.35. The smallest absolute Gasteiger partial charge is 0.327 e. The van der Waals surface area contributed by atoms with Crippen LogP contribution in [0.2, 0.25) is 0 Å². The Bertz CT molecular complexity index is 348. The van der Waals surface area contributed by atoms with Crippen LogP contribution in [0, 0.1) is 11.8 Å². The molecule has 1 saturated heterocycles. The lowest BCUT2D eigenvalue weighted by molar-refractivity contribution is -0.141. The van der Waals surface area contributed by atoms with Gasteiger partial charge in [-0.1, -0.05) is 0 Å².